The third kappa shape index (κ3) is 4.08. The SMILES string of the molecule is COc1cc(/C=N\NC(=O)c2ccc([N+](=O)[O-])cc2)cc([N+](=O)[O-])c1[O-]. The highest BCUT2D eigenvalue weighted by molar-refractivity contribution is 5.95. The molecule has 2 rings (SSSR count). The van der Waals surface area contributed by atoms with E-state index in [1.54, 1.807) is 0 Å². The molecule has 0 heterocycles. The molecule has 0 aliphatic heterocycles. The molecule has 11 heteroatoms. The second-order valence-electron chi connectivity index (χ2n) is 4.83. The molecule has 0 spiro atoms. The number of methoxy groups -OCH3 is 1. The maximum absolute atomic E-state index is 11.9. The summed E-state index contributed by atoms with van der Waals surface area (Å²) in [6.45, 7) is 0. The highest BCUT2D eigenvalue weighted by atomic mass is 16.6. The molecule has 0 radical (unpaired) electrons. The number of nitrogens with zero attached hydrogens (tertiary/aromatic N) is 3. The lowest BCUT2D eigenvalue weighted by atomic mass is 10.2. The summed E-state index contributed by atoms with van der Waals surface area (Å²) in [5, 5.41) is 36.8. The number of ether oxygens (including phenoxy) is 1. The van der Waals surface area contributed by atoms with Crippen molar-refractivity contribution in [2.75, 3.05) is 7.11 Å². The van der Waals surface area contributed by atoms with E-state index >= 15 is 0 Å². The van der Waals surface area contributed by atoms with Crippen LogP contribution in [0.25, 0.3) is 0 Å². The van der Waals surface area contributed by atoms with Crippen molar-refractivity contribution in [3.63, 3.8) is 0 Å². The van der Waals surface area contributed by atoms with E-state index < -0.39 is 27.2 Å². The van der Waals surface area contributed by atoms with Gasteiger partial charge in [0, 0.05) is 35.1 Å². The molecule has 1 amide bonds. The first-order chi connectivity index (χ1) is 12.3. The smallest absolute Gasteiger partial charge is 0.271 e. The summed E-state index contributed by atoms with van der Waals surface area (Å²) < 4.78 is 4.78. The molecule has 0 saturated carbocycles. The van der Waals surface area contributed by atoms with Gasteiger partial charge in [-0.3, -0.25) is 25.0 Å². The van der Waals surface area contributed by atoms with Gasteiger partial charge in [0.05, 0.1) is 23.2 Å². The van der Waals surface area contributed by atoms with Gasteiger partial charge in [-0.05, 0) is 18.2 Å². The van der Waals surface area contributed by atoms with Crippen molar-refractivity contribution in [1.29, 1.82) is 0 Å². The molecule has 11 nitrogen and oxygen atoms in total. The van der Waals surface area contributed by atoms with Crippen LogP contribution in [0.5, 0.6) is 11.5 Å². The Labute approximate surface area is 145 Å². The van der Waals surface area contributed by atoms with Gasteiger partial charge < -0.3 is 9.84 Å². The number of rotatable bonds is 6. The summed E-state index contributed by atoms with van der Waals surface area (Å²) in [7, 11) is 1.19. The van der Waals surface area contributed by atoms with Gasteiger partial charge in [0.1, 0.15) is 5.75 Å². The number of hydrazone groups is 1. The van der Waals surface area contributed by atoms with Crippen molar-refractivity contribution in [2.45, 2.75) is 0 Å². The first-order valence-corrected chi connectivity index (χ1v) is 6.94. The number of nitro groups is 2. The Morgan fingerprint density at radius 3 is 2.35 bits per heavy atom. The van der Waals surface area contributed by atoms with Gasteiger partial charge in [-0.2, -0.15) is 5.10 Å². The summed E-state index contributed by atoms with van der Waals surface area (Å²) in [5.41, 5.74) is 1.61. The second-order valence-corrected chi connectivity index (χ2v) is 4.83. The number of non-ortho nitro benzene ring substituents is 1. The number of hydrogen-bond donors (Lipinski definition) is 1. The van der Waals surface area contributed by atoms with Crippen LogP contribution < -0.4 is 15.3 Å². The van der Waals surface area contributed by atoms with Crippen molar-refractivity contribution >= 4 is 23.5 Å². The molecule has 0 fully saturated rings. The van der Waals surface area contributed by atoms with Crippen LogP contribution in [0.4, 0.5) is 11.4 Å². The number of carbonyl (C=O) groups excluding carboxylic acids is 1. The molecule has 0 aromatic heterocycles. The molecule has 134 valence electrons. The highest BCUT2D eigenvalue weighted by Crippen LogP contribution is 2.33. The van der Waals surface area contributed by atoms with Crippen molar-refractivity contribution in [2.24, 2.45) is 5.10 Å². The number of amides is 1. The zero-order valence-electron chi connectivity index (χ0n) is 13.2. The fourth-order valence-corrected chi connectivity index (χ4v) is 1.93. The fraction of sp³-hybridized carbons (Fsp3) is 0.0667. The van der Waals surface area contributed by atoms with Crippen molar-refractivity contribution < 1.29 is 24.5 Å². The Hall–Kier alpha value is -4.02. The van der Waals surface area contributed by atoms with Gasteiger partial charge in [0.2, 0.25) is 0 Å². The average Bonchev–Trinajstić information content (AvgIpc) is 2.62. The first kappa shape index (κ1) is 18.3. The van der Waals surface area contributed by atoms with E-state index in [1.165, 1.54) is 37.4 Å². The number of hydrogen-bond acceptors (Lipinski definition) is 8. The van der Waals surface area contributed by atoms with Crippen molar-refractivity contribution in [3.8, 4) is 11.5 Å². The van der Waals surface area contributed by atoms with Crippen LogP contribution in [0.2, 0.25) is 0 Å². The van der Waals surface area contributed by atoms with Crippen LogP contribution in [0.1, 0.15) is 15.9 Å². The third-order valence-corrected chi connectivity index (χ3v) is 3.19. The monoisotopic (exact) mass is 359 g/mol. The van der Waals surface area contributed by atoms with Gasteiger partial charge in [-0.1, -0.05) is 0 Å². The topological polar surface area (TPSA) is 160 Å². The molecule has 1 N–H and O–H groups in total. The van der Waals surface area contributed by atoms with E-state index in [9.17, 15) is 30.1 Å². The fourth-order valence-electron chi connectivity index (χ4n) is 1.93. The molecule has 0 aliphatic carbocycles. The van der Waals surface area contributed by atoms with Crippen LogP contribution in [0.15, 0.2) is 41.5 Å². The molecule has 0 atom stereocenters. The van der Waals surface area contributed by atoms with Crippen molar-refractivity contribution in [3.05, 3.63) is 67.8 Å². The first-order valence-electron chi connectivity index (χ1n) is 6.94. The summed E-state index contributed by atoms with van der Waals surface area (Å²) in [4.78, 5) is 31.9. The summed E-state index contributed by atoms with van der Waals surface area (Å²) in [6.07, 6.45) is 1.10. The Bertz CT molecular complexity index is 894. The molecule has 0 aliphatic rings. The molecule has 26 heavy (non-hydrogen) atoms. The van der Waals surface area contributed by atoms with E-state index in [0.717, 1.165) is 12.3 Å². The molecule has 0 unspecified atom stereocenters. The van der Waals surface area contributed by atoms with E-state index in [4.69, 9.17) is 4.74 Å². The van der Waals surface area contributed by atoms with E-state index in [2.05, 4.69) is 10.5 Å². The lowest BCUT2D eigenvalue weighted by Gasteiger charge is -2.12. The Balaban J connectivity index is 2.14. The second kappa shape index (κ2) is 7.70. The molecule has 0 bridgehead atoms. The lowest BCUT2D eigenvalue weighted by molar-refractivity contribution is -0.398. The lowest BCUT2D eigenvalue weighted by Crippen LogP contribution is -2.17. The summed E-state index contributed by atoms with van der Waals surface area (Å²) >= 11 is 0. The largest absolute Gasteiger partial charge is 0.865 e. The van der Waals surface area contributed by atoms with Gasteiger partial charge in [0.25, 0.3) is 17.3 Å². The molecule has 0 saturated heterocycles. The number of nitro benzene ring substituents is 2. The van der Waals surface area contributed by atoms with E-state index in [-0.39, 0.29) is 22.6 Å². The quantitative estimate of drug-likeness (QED) is 0.462. The van der Waals surface area contributed by atoms with Gasteiger partial charge in [-0.15, -0.1) is 0 Å². The molecular formula is C15H11N4O7-. The zero-order valence-corrected chi connectivity index (χ0v) is 13.2. The summed E-state index contributed by atoms with van der Waals surface area (Å²) in [6, 6.07) is 7.06. The molecule has 2 aromatic rings. The Morgan fingerprint density at radius 2 is 1.81 bits per heavy atom. The van der Waals surface area contributed by atoms with Gasteiger partial charge in [0.15, 0.2) is 0 Å². The molecule has 2 aromatic carbocycles. The predicted octanol–water partition coefficient (Wildman–Crippen LogP) is 1.35. The van der Waals surface area contributed by atoms with E-state index in [0.29, 0.717) is 0 Å². The normalized spacial score (nSPS) is 10.5. The maximum Gasteiger partial charge on any atom is 0.271 e. The summed E-state index contributed by atoms with van der Waals surface area (Å²) in [5.74, 6) is -1.75. The average molecular weight is 359 g/mol. The highest BCUT2D eigenvalue weighted by Gasteiger charge is 2.13. The minimum absolute atomic E-state index is 0.131. The Kier molecular flexibility index (Phi) is 5.43. The number of carbonyl (C=O) groups is 1. The van der Waals surface area contributed by atoms with Crippen LogP contribution in [-0.4, -0.2) is 29.1 Å². The van der Waals surface area contributed by atoms with Crippen molar-refractivity contribution in [1.82, 2.24) is 5.43 Å². The number of benzene rings is 2. The predicted molar refractivity (Wildman–Crippen MR) is 87.3 cm³/mol. The van der Waals surface area contributed by atoms with Gasteiger partial charge >= 0.3 is 0 Å². The third-order valence-electron chi connectivity index (χ3n) is 3.19. The van der Waals surface area contributed by atoms with Crippen LogP contribution in [0, 0.1) is 20.2 Å². The van der Waals surface area contributed by atoms with Crippen LogP contribution in [0.3, 0.4) is 0 Å². The standard InChI is InChI=1S/C15H12N4O7/c1-26-13-7-9(6-12(14(13)20)19(24)25)8-16-17-15(21)10-2-4-11(5-3-10)18(22)23/h2-8,20H,1H3,(H,17,21)/p-1/b16-8-. The van der Waals surface area contributed by atoms with Gasteiger partial charge in [-0.25, -0.2) is 5.43 Å². The van der Waals surface area contributed by atoms with E-state index in [1.807, 2.05) is 0 Å². The Morgan fingerprint density at radius 1 is 1.15 bits per heavy atom. The number of nitrogens with one attached hydrogen (secondary N) is 1. The zero-order chi connectivity index (χ0) is 19.3. The maximum atomic E-state index is 11.9. The minimum atomic E-state index is -0.871. The minimum Gasteiger partial charge on any atom is -0.865 e. The van der Waals surface area contributed by atoms with Crippen LogP contribution in [-0.2, 0) is 0 Å². The molecular weight excluding hydrogens is 348 g/mol. The van der Waals surface area contributed by atoms with Crippen LogP contribution >= 0.6 is 0 Å².